The number of anilines is 2. The molecule has 0 saturated heterocycles. The summed E-state index contributed by atoms with van der Waals surface area (Å²) in [5.74, 6) is 0. The molecule has 8 rings (SSSR count). The Hall–Kier alpha value is -4.92. The van der Waals surface area contributed by atoms with Gasteiger partial charge in [-0.05, 0) is 74.3 Å². The van der Waals surface area contributed by atoms with E-state index < -0.39 is 0 Å². The van der Waals surface area contributed by atoms with Gasteiger partial charge in [0.05, 0.1) is 6.04 Å². The van der Waals surface area contributed by atoms with Gasteiger partial charge in [0.2, 0.25) is 0 Å². The molecule has 7 aromatic rings. The van der Waals surface area contributed by atoms with Crippen LogP contribution in [0.5, 0.6) is 0 Å². The second-order valence-corrected chi connectivity index (χ2v) is 11.8. The topological polar surface area (TPSA) is 3.24 Å². The summed E-state index contributed by atoms with van der Waals surface area (Å²) in [7, 11) is 0. The monoisotopic (exact) mass is 555 g/mol. The van der Waals surface area contributed by atoms with Crippen molar-refractivity contribution < 1.29 is 0 Å². The largest absolute Gasteiger partial charge is 0.334 e. The normalized spacial score (nSPS) is 14.6. The smallest absolute Gasteiger partial charge is 0.0559 e. The molecule has 2 heteroatoms. The molecule has 1 heterocycles. The van der Waals surface area contributed by atoms with Crippen molar-refractivity contribution in [3.05, 3.63) is 157 Å². The van der Waals surface area contributed by atoms with Crippen molar-refractivity contribution in [2.24, 2.45) is 0 Å². The zero-order valence-corrected chi connectivity index (χ0v) is 24.0. The Morgan fingerprint density at radius 1 is 0.548 bits per heavy atom. The van der Waals surface area contributed by atoms with E-state index in [1.54, 1.807) is 0 Å². The number of allylic oxidation sites excluding steroid dienone is 2. The Morgan fingerprint density at radius 3 is 2.12 bits per heavy atom. The van der Waals surface area contributed by atoms with Crippen LogP contribution >= 0.6 is 11.3 Å². The molecule has 1 unspecified atom stereocenters. The molecule has 6 aromatic carbocycles. The van der Waals surface area contributed by atoms with Gasteiger partial charge in [0.1, 0.15) is 0 Å². The summed E-state index contributed by atoms with van der Waals surface area (Å²) in [6.45, 7) is 0. The summed E-state index contributed by atoms with van der Waals surface area (Å²) in [4.78, 5) is 2.51. The minimum Gasteiger partial charge on any atom is -0.334 e. The summed E-state index contributed by atoms with van der Waals surface area (Å²) in [5, 5.41) is 8.77. The van der Waals surface area contributed by atoms with Crippen molar-refractivity contribution in [1.29, 1.82) is 0 Å². The number of benzene rings is 6. The molecule has 1 aliphatic rings. The predicted octanol–water partition coefficient (Wildman–Crippen LogP) is 11.6. The zero-order chi connectivity index (χ0) is 27.9. The fourth-order valence-corrected chi connectivity index (χ4v) is 7.40. The van der Waals surface area contributed by atoms with Crippen LogP contribution in [0.15, 0.2) is 157 Å². The minimum absolute atomic E-state index is 0.253. The summed E-state index contributed by atoms with van der Waals surface area (Å²) >= 11 is 1.83. The van der Waals surface area contributed by atoms with Crippen LogP contribution in [0, 0.1) is 0 Å². The molecule has 200 valence electrons. The van der Waals surface area contributed by atoms with Crippen molar-refractivity contribution in [3.8, 4) is 22.3 Å². The maximum Gasteiger partial charge on any atom is 0.0559 e. The van der Waals surface area contributed by atoms with E-state index in [1.165, 1.54) is 65.3 Å². The Bertz CT molecular complexity index is 2130. The third kappa shape index (κ3) is 4.32. The quantitative estimate of drug-likeness (QED) is 0.191. The first-order valence-corrected chi connectivity index (χ1v) is 15.4. The van der Waals surface area contributed by atoms with Crippen LogP contribution in [0.4, 0.5) is 11.4 Å². The molecule has 0 spiro atoms. The van der Waals surface area contributed by atoms with Gasteiger partial charge in [-0.25, -0.2) is 0 Å². The van der Waals surface area contributed by atoms with E-state index in [2.05, 4.69) is 162 Å². The van der Waals surface area contributed by atoms with Crippen molar-refractivity contribution in [1.82, 2.24) is 0 Å². The van der Waals surface area contributed by atoms with Gasteiger partial charge < -0.3 is 4.90 Å². The molecule has 0 amide bonds. The summed E-state index contributed by atoms with van der Waals surface area (Å²) in [6.07, 6.45) is 9.90. The highest BCUT2D eigenvalue weighted by atomic mass is 32.1. The number of fused-ring (bicyclic) bond motifs is 4. The number of nitrogens with zero attached hydrogens (tertiary/aromatic N) is 1. The van der Waals surface area contributed by atoms with Crippen LogP contribution in [0.3, 0.4) is 0 Å². The molecule has 0 radical (unpaired) electrons. The number of hydrogen-bond donors (Lipinski definition) is 0. The first kappa shape index (κ1) is 24.8. The maximum absolute atomic E-state index is 2.51. The molecule has 0 saturated carbocycles. The minimum atomic E-state index is 0.253. The Balaban J connectivity index is 1.24. The molecule has 1 atom stereocenters. The summed E-state index contributed by atoms with van der Waals surface area (Å²) in [5.41, 5.74) is 7.53. The fourth-order valence-electron chi connectivity index (χ4n) is 6.40. The van der Waals surface area contributed by atoms with Gasteiger partial charge in [-0.15, -0.1) is 11.3 Å². The third-order valence-corrected chi connectivity index (χ3v) is 9.38. The standard InChI is InChI=1S/C40H29NS/c1-3-11-28(12-4-1)35-17-9-10-18-37(35)39-27-42-40-26-33(22-24-38(39)40)41(31-14-5-2-6-15-31)32-21-23-36-30(25-32)20-19-29-13-7-8-16-34(29)36/h1-14,16-27,31H,15H2. The van der Waals surface area contributed by atoms with Gasteiger partial charge in [0.15, 0.2) is 0 Å². The molecule has 0 aliphatic heterocycles. The van der Waals surface area contributed by atoms with E-state index in [9.17, 15) is 0 Å². The second kappa shape index (κ2) is 10.5. The van der Waals surface area contributed by atoms with Crippen LogP contribution < -0.4 is 4.90 Å². The van der Waals surface area contributed by atoms with E-state index in [4.69, 9.17) is 0 Å². The van der Waals surface area contributed by atoms with Gasteiger partial charge in [-0.2, -0.15) is 0 Å². The van der Waals surface area contributed by atoms with Crippen molar-refractivity contribution in [2.45, 2.75) is 12.5 Å². The Morgan fingerprint density at radius 2 is 1.26 bits per heavy atom. The number of rotatable bonds is 5. The second-order valence-electron chi connectivity index (χ2n) is 10.9. The molecule has 1 nitrogen and oxygen atoms in total. The molecular weight excluding hydrogens is 527 g/mol. The van der Waals surface area contributed by atoms with Crippen LogP contribution in [0.2, 0.25) is 0 Å². The van der Waals surface area contributed by atoms with Crippen molar-refractivity contribution >= 4 is 54.3 Å². The highest BCUT2D eigenvalue weighted by Crippen LogP contribution is 2.42. The highest BCUT2D eigenvalue weighted by Gasteiger charge is 2.21. The van der Waals surface area contributed by atoms with E-state index >= 15 is 0 Å². The Labute approximate surface area is 250 Å². The van der Waals surface area contributed by atoms with E-state index in [-0.39, 0.29) is 6.04 Å². The first-order valence-electron chi connectivity index (χ1n) is 14.5. The summed E-state index contributed by atoms with van der Waals surface area (Å²) < 4.78 is 1.30. The molecule has 0 bridgehead atoms. The van der Waals surface area contributed by atoms with Gasteiger partial charge in [-0.3, -0.25) is 0 Å². The molecule has 1 aromatic heterocycles. The lowest BCUT2D eigenvalue weighted by molar-refractivity contribution is 0.786. The van der Waals surface area contributed by atoms with E-state index in [0.717, 1.165) is 6.42 Å². The van der Waals surface area contributed by atoms with Crippen LogP contribution in [0.1, 0.15) is 6.42 Å². The number of hydrogen-bond acceptors (Lipinski definition) is 2. The maximum atomic E-state index is 2.51. The SMILES string of the molecule is C1=CCC(N(c2ccc3c(ccc4ccccc43)c2)c2ccc3c(-c4ccccc4-c4ccccc4)csc3c2)C=C1. The van der Waals surface area contributed by atoms with Crippen molar-refractivity contribution in [2.75, 3.05) is 4.90 Å². The van der Waals surface area contributed by atoms with Crippen molar-refractivity contribution in [3.63, 3.8) is 0 Å². The van der Waals surface area contributed by atoms with Crippen LogP contribution in [-0.4, -0.2) is 6.04 Å². The molecule has 42 heavy (non-hydrogen) atoms. The number of thiophene rings is 1. The van der Waals surface area contributed by atoms with E-state index in [0.29, 0.717) is 0 Å². The van der Waals surface area contributed by atoms with Gasteiger partial charge >= 0.3 is 0 Å². The molecule has 1 aliphatic carbocycles. The lowest BCUT2D eigenvalue weighted by Gasteiger charge is -2.33. The molecule has 0 fully saturated rings. The predicted molar refractivity (Wildman–Crippen MR) is 183 cm³/mol. The van der Waals surface area contributed by atoms with Gasteiger partial charge in [0.25, 0.3) is 0 Å². The summed E-state index contributed by atoms with van der Waals surface area (Å²) in [6, 6.07) is 46.8. The average Bonchev–Trinajstić information content (AvgIpc) is 3.49. The lowest BCUT2D eigenvalue weighted by atomic mass is 9.94. The molecular formula is C40H29NS. The van der Waals surface area contributed by atoms with Gasteiger partial charge in [-0.1, -0.05) is 127 Å². The van der Waals surface area contributed by atoms with Crippen LogP contribution in [0.25, 0.3) is 53.9 Å². The Kier molecular flexibility index (Phi) is 6.20. The van der Waals surface area contributed by atoms with E-state index in [1.807, 2.05) is 11.3 Å². The third-order valence-electron chi connectivity index (χ3n) is 8.44. The average molecular weight is 556 g/mol. The van der Waals surface area contributed by atoms with Crippen LogP contribution in [-0.2, 0) is 0 Å². The van der Waals surface area contributed by atoms with Gasteiger partial charge in [0, 0.05) is 27.0 Å². The first-order chi connectivity index (χ1) is 20.8. The zero-order valence-electron chi connectivity index (χ0n) is 23.2. The molecule has 0 N–H and O–H groups in total. The lowest BCUT2D eigenvalue weighted by Crippen LogP contribution is -2.29. The fraction of sp³-hybridized carbons (Fsp3) is 0.0500. The highest BCUT2D eigenvalue weighted by molar-refractivity contribution is 7.17.